The predicted molar refractivity (Wildman–Crippen MR) is 75.8 cm³/mol. The summed E-state index contributed by atoms with van der Waals surface area (Å²) in [6, 6.07) is 0.159. The Morgan fingerprint density at radius 3 is 2.65 bits per heavy atom. The van der Waals surface area contributed by atoms with Gasteiger partial charge in [0.05, 0.1) is 6.20 Å². The molecule has 1 atom stereocenters. The van der Waals surface area contributed by atoms with E-state index in [1.54, 1.807) is 0 Å². The van der Waals surface area contributed by atoms with Gasteiger partial charge in [-0.3, -0.25) is 4.68 Å². The van der Waals surface area contributed by atoms with Crippen molar-refractivity contribution in [3.05, 3.63) is 18.0 Å². The van der Waals surface area contributed by atoms with Crippen LogP contribution in [0, 0.1) is 5.92 Å². The Bertz CT molecular complexity index is 407. The normalized spacial score (nSPS) is 21.0. The van der Waals surface area contributed by atoms with Crippen LogP contribution >= 0.6 is 0 Å². The molecule has 3 nitrogen and oxygen atoms in total. The molecule has 1 unspecified atom stereocenters. The molecule has 5 heteroatoms. The highest BCUT2D eigenvalue weighted by Crippen LogP contribution is 2.41. The van der Waals surface area contributed by atoms with Crippen molar-refractivity contribution >= 4 is 0 Å². The number of alkyl halides is 2. The third-order valence-electron chi connectivity index (χ3n) is 4.18. The largest absolute Gasteiger partial charge is 0.310 e. The standard InChI is InChI=1S/C15H25F2N3/c1-3-9-18-14(13-10-19-20(4-2)11-13)12-5-7-15(16,17)8-6-12/h10-12,14,18H,3-9H2,1-2H3. The molecular formula is C15H25F2N3. The first-order valence-electron chi connectivity index (χ1n) is 7.69. The number of hydrogen-bond acceptors (Lipinski definition) is 2. The summed E-state index contributed by atoms with van der Waals surface area (Å²) < 4.78 is 28.5. The van der Waals surface area contributed by atoms with Gasteiger partial charge in [-0.15, -0.1) is 0 Å². The summed E-state index contributed by atoms with van der Waals surface area (Å²) in [6.45, 7) is 5.92. The Kier molecular flexibility index (Phi) is 5.13. The first kappa shape index (κ1) is 15.4. The molecule has 2 rings (SSSR count). The van der Waals surface area contributed by atoms with Crippen molar-refractivity contribution in [2.24, 2.45) is 5.92 Å². The van der Waals surface area contributed by atoms with Gasteiger partial charge in [-0.2, -0.15) is 5.10 Å². The number of aromatic nitrogens is 2. The molecule has 114 valence electrons. The number of nitrogens with zero attached hydrogens (tertiary/aromatic N) is 2. The van der Waals surface area contributed by atoms with Crippen molar-refractivity contribution in [3.8, 4) is 0 Å². The van der Waals surface area contributed by atoms with Crippen LogP contribution in [0.5, 0.6) is 0 Å². The predicted octanol–water partition coefficient (Wildman–Crippen LogP) is 3.77. The van der Waals surface area contributed by atoms with Crippen molar-refractivity contribution in [2.45, 2.75) is 64.5 Å². The molecular weight excluding hydrogens is 260 g/mol. The van der Waals surface area contributed by atoms with Crippen LogP contribution < -0.4 is 5.32 Å². The molecule has 20 heavy (non-hydrogen) atoms. The van der Waals surface area contributed by atoms with Gasteiger partial charge in [-0.05, 0) is 38.6 Å². The zero-order valence-corrected chi connectivity index (χ0v) is 12.4. The van der Waals surface area contributed by atoms with Gasteiger partial charge in [0.2, 0.25) is 5.92 Å². The number of halogens is 2. The van der Waals surface area contributed by atoms with E-state index in [0.29, 0.717) is 12.8 Å². The van der Waals surface area contributed by atoms with Crippen LogP contribution in [0.15, 0.2) is 12.4 Å². The maximum atomic E-state index is 13.3. The fourth-order valence-electron chi connectivity index (χ4n) is 2.97. The van der Waals surface area contributed by atoms with Crippen LogP contribution in [0.4, 0.5) is 8.78 Å². The summed E-state index contributed by atoms with van der Waals surface area (Å²) in [6.07, 6.45) is 6.18. The summed E-state index contributed by atoms with van der Waals surface area (Å²) >= 11 is 0. The lowest BCUT2D eigenvalue weighted by Gasteiger charge is -2.34. The fourth-order valence-corrected chi connectivity index (χ4v) is 2.97. The van der Waals surface area contributed by atoms with Crippen molar-refractivity contribution in [1.82, 2.24) is 15.1 Å². The molecule has 1 saturated carbocycles. The van der Waals surface area contributed by atoms with Crippen molar-refractivity contribution in [1.29, 1.82) is 0 Å². The molecule has 1 aliphatic rings. The topological polar surface area (TPSA) is 29.9 Å². The maximum Gasteiger partial charge on any atom is 0.248 e. The SMILES string of the molecule is CCCNC(c1cnn(CC)c1)C1CCC(F)(F)CC1. The summed E-state index contributed by atoms with van der Waals surface area (Å²) in [4.78, 5) is 0. The Hall–Kier alpha value is -0.970. The molecule has 0 saturated heterocycles. The Balaban J connectivity index is 2.07. The Labute approximate surface area is 119 Å². The lowest BCUT2D eigenvalue weighted by atomic mass is 9.80. The second kappa shape index (κ2) is 6.66. The zero-order valence-electron chi connectivity index (χ0n) is 12.4. The van der Waals surface area contributed by atoms with Gasteiger partial charge in [0.25, 0.3) is 0 Å². The van der Waals surface area contributed by atoms with Gasteiger partial charge in [0.15, 0.2) is 0 Å². The molecule has 1 aliphatic carbocycles. The van der Waals surface area contributed by atoms with Gasteiger partial charge >= 0.3 is 0 Å². The highest BCUT2D eigenvalue weighted by Gasteiger charge is 2.38. The zero-order chi connectivity index (χ0) is 14.6. The van der Waals surface area contributed by atoms with Gasteiger partial charge < -0.3 is 5.32 Å². The third kappa shape index (κ3) is 3.78. The Morgan fingerprint density at radius 1 is 1.40 bits per heavy atom. The highest BCUT2D eigenvalue weighted by atomic mass is 19.3. The minimum absolute atomic E-state index is 0.0177. The molecule has 0 aromatic carbocycles. The third-order valence-corrected chi connectivity index (χ3v) is 4.18. The van der Waals surface area contributed by atoms with Crippen molar-refractivity contribution < 1.29 is 8.78 Å². The van der Waals surface area contributed by atoms with Gasteiger partial charge in [0, 0.05) is 37.2 Å². The number of rotatable bonds is 6. The molecule has 1 fully saturated rings. The van der Waals surface area contributed by atoms with E-state index in [2.05, 4.69) is 17.3 Å². The van der Waals surface area contributed by atoms with Crippen LogP contribution in [0.1, 0.15) is 57.6 Å². The average molecular weight is 285 g/mol. The van der Waals surface area contributed by atoms with Crippen molar-refractivity contribution in [3.63, 3.8) is 0 Å². The molecule has 1 aromatic rings. The molecule has 0 amide bonds. The van der Waals surface area contributed by atoms with Crippen LogP contribution in [0.3, 0.4) is 0 Å². The maximum absolute atomic E-state index is 13.3. The molecule has 1 heterocycles. The molecule has 1 aromatic heterocycles. The van der Waals surface area contributed by atoms with Gasteiger partial charge in [0.1, 0.15) is 0 Å². The van der Waals surface area contributed by atoms with E-state index in [9.17, 15) is 8.78 Å². The Morgan fingerprint density at radius 2 is 2.10 bits per heavy atom. The number of nitrogens with one attached hydrogen (secondary N) is 1. The molecule has 0 radical (unpaired) electrons. The van der Waals surface area contributed by atoms with Gasteiger partial charge in [-0.25, -0.2) is 8.78 Å². The lowest BCUT2D eigenvalue weighted by Crippen LogP contribution is -2.34. The molecule has 0 spiro atoms. The van der Waals surface area contributed by atoms with E-state index in [0.717, 1.165) is 25.1 Å². The van der Waals surface area contributed by atoms with E-state index in [4.69, 9.17) is 0 Å². The van der Waals surface area contributed by atoms with Crippen LogP contribution in [0.2, 0.25) is 0 Å². The van der Waals surface area contributed by atoms with Crippen LogP contribution in [0.25, 0.3) is 0 Å². The van der Waals surface area contributed by atoms with E-state index in [-0.39, 0.29) is 24.8 Å². The summed E-state index contributed by atoms with van der Waals surface area (Å²) in [5.41, 5.74) is 1.13. The summed E-state index contributed by atoms with van der Waals surface area (Å²) in [5.74, 6) is -2.17. The van der Waals surface area contributed by atoms with E-state index >= 15 is 0 Å². The van der Waals surface area contributed by atoms with E-state index in [1.807, 2.05) is 24.0 Å². The number of aryl methyl sites for hydroxylation is 1. The minimum Gasteiger partial charge on any atom is -0.310 e. The van der Waals surface area contributed by atoms with E-state index < -0.39 is 5.92 Å². The average Bonchev–Trinajstić information content (AvgIpc) is 2.89. The van der Waals surface area contributed by atoms with Crippen LogP contribution in [-0.2, 0) is 6.54 Å². The van der Waals surface area contributed by atoms with Crippen molar-refractivity contribution in [2.75, 3.05) is 6.54 Å². The molecule has 1 N–H and O–H groups in total. The minimum atomic E-state index is -2.46. The van der Waals surface area contributed by atoms with Gasteiger partial charge in [-0.1, -0.05) is 6.92 Å². The highest BCUT2D eigenvalue weighted by molar-refractivity contribution is 5.12. The fraction of sp³-hybridized carbons (Fsp3) is 0.800. The second-order valence-corrected chi connectivity index (χ2v) is 5.75. The molecule has 0 aliphatic heterocycles. The smallest absolute Gasteiger partial charge is 0.248 e. The second-order valence-electron chi connectivity index (χ2n) is 5.75. The number of hydrogen-bond donors (Lipinski definition) is 1. The monoisotopic (exact) mass is 285 g/mol. The molecule has 0 bridgehead atoms. The summed E-state index contributed by atoms with van der Waals surface area (Å²) in [7, 11) is 0. The van der Waals surface area contributed by atoms with Crippen LogP contribution in [-0.4, -0.2) is 22.2 Å². The quantitative estimate of drug-likeness (QED) is 0.862. The lowest BCUT2D eigenvalue weighted by molar-refractivity contribution is -0.0497. The first-order valence-corrected chi connectivity index (χ1v) is 7.69. The van der Waals surface area contributed by atoms with E-state index in [1.165, 1.54) is 0 Å². The first-order chi connectivity index (χ1) is 9.55. The summed E-state index contributed by atoms with van der Waals surface area (Å²) in [5, 5.41) is 7.84.